The van der Waals surface area contributed by atoms with Gasteiger partial charge in [-0.25, -0.2) is 0 Å². The van der Waals surface area contributed by atoms with Crippen molar-refractivity contribution in [3.63, 3.8) is 0 Å². The predicted octanol–water partition coefficient (Wildman–Crippen LogP) is 0.0673. The summed E-state index contributed by atoms with van der Waals surface area (Å²) in [5.41, 5.74) is -0.102. The fourth-order valence-electron chi connectivity index (χ4n) is 6.53. The molecule has 4 heterocycles. The SMILES string of the molecule is COC1CCCCC1C1CC(C)NCC1C(=O)NC1NC2CN(C(=O)C3NCCO3)CC2S1. The molecule has 0 aromatic rings. The summed E-state index contributed by atoms with van der Waals surface area (Å²) < 4.78 is 11.3. The number of rotatable bonds is 5. The summed E-state index contributed by atoms with van der Waals surface area (Å²) in [7, 11) is 1.82. The highest BCUT2D eigenvalue weighted by Gasteiger charge is 2.47. The molecule has 4 saturated heterocycles. The third kappa shape index (κ3) is 5.06. The maximum Gasteiger partial charge on any atom is 0.266 e. The number of hydrogen-bond donors (Lipinski definition) is 4. The highest BCUT2D eigenvalue weighted by molar-refractivity contribution is 8.00. The predicted molar refractivity (Wildman–Crippen MR) is 126 cm³/mol. The van der Waals surface area contributed by atoms with E-state index in [0.29, 0.717) is 37.6 Å². The third-order valence-electron chi connectivity index (χ3n) is 8.24. The summed E-state index contributed by atoms with van der Waals surface area (Å²) in [6.45, 7) is 5.61. The number of methoxy groups -OCH3 is 1. The molecule has 5 fully saturated rings. The number of carbonyl (C=O) groups excluding carboxylic acids is 2. The number of fused-ring (bicyclic) bond motifs is 1. The van der Waals surface area contributed by atoms with Gasteiger partial charge in [0.15, 0.2) is 6.23 Å². The maximum absolute atomic E-state index is 13.4. The molecule has 186 valence electrons. The number of carbonyl (C=O) groups is 2. The van der Waals surface area contributed by atoms with Crippen molar-refractivity contribution in [1.82, 2.24) is 26.2 Å². The Balaban J connectivity index is 1.16. The van der Waals surface area contributed by atoms with E-state index < -0.39 is 6.23 Å². The van der Waals surface area contributed by atoms with Gasteiger partial charge < -0.3 is 25.0 Å². The standard InChI is InChI=1S/C23H39N5O4S/c1-13-9-15(14-5-3-4-6-18(14)31-2)16(10-25-13)20(29)27-23-26-17-11-28(12-19(17)33-23)22(30)21-24-7-8-32-21/h13-19,21,23-26H,3-12H2,1-2H3,(H,27,29). The monoisotopic (exact) mass is 481 g/mol. The van der Waals surface area contributed by atoms with Crippen LogP contribution in [-0.4, -0.2) is 91.8 Å². The van der Waals surface area contributed by atoms with Crippen molar-refractivity contribution < 1.29 is 19.1 Å². The third-order valence-corrected chi connectivity index (χ3v) is 9.59. The number of nitrogens with one attached hydrogen (secondary N) is 4. The normalized spacial score (nSPS) is 43.5. The van der Waals surface area contributed by atoms with Crippen LogP contribution in [0.15, 0.2) is 0 Å². The average molecular weight is 482 g/mol. The van der Waals surface area contributed by atoms with E-state index in [1.54, 1.807) is 11.8 Å². The van der Waals surface area contributed by atoms with Crippen molar-refractivity contribution in [1.29, 1.82) is 0 Å². The number of thioether (sulfide) groups is 1. The summed E-state index contributed by atoms with van der Waals surface area (Å²) in [5.74, 6) is 0.938. The van der Waals surface area contributed by atoms with Crippen LogP contribution in [0.2, 0.25) is 0 Å². The van der Waals surface area contributed by atoms with Crippen LogP contribution in [0.25, 0.3) is 0 Å². The number of ether oxygens (including phenoxy) is 2. The summed E-state index contributed by atoms with van der Waals surface area (Å²) in [4.78, 5) is 27.9. The first-order valence-corrected chi connectivity index (χ1v) is 13.6. The Bertz CT molecular complexity index is 709. The molecule has 0 radical (unpaired) electrons. The van der Waals surface area contributed by atoms with Crippen molar-refractivity contribution >= 4 is 23.6 Å². The van der Waals surface area contributed by atoms with E-state index in [9.17, 15) is 9.59 Å². The number of amides is 2. The summed E-state index contributed by atoms with van der Waals surface area (Å²) >= 11 is 1.74. The van der Waals surface area contributed by atoms with Crippen molar-refractivity contribution in [2.24, 2.45) is 17.8 Å². The molecular weight excluding hydrogens is 442 g/mol. The van der Waals surface area contributed by atoms with Gasteiger partial charge in [0.05, 0.1) is 18.6 Å². The number of hydrogen-bond acceptors (Lipinski definition) is 8. The highest BCUT2D eigenvalue weighted by Crippen LogP contribution is 2.40. The van der Waals surface area contributed by atoms with E-state index in [1.807, 2.05) is 12.0 Å². The molecule has 0 aromatic carbocycles. The quantitative estimate of drug-likeness (QED) is 0.437. The van der Waals surface area contributed by atoms with Crippen molar-refractivity contribution in [3.05, 3.63) is 0 Å². The smallest absolute Gasteiger partial charge is 0.266 e. The molecule has 4 N–H and O–H groups in total. The molecule has 4 aliphatic heterocycles. The molecule has 1 saturated carbocycles. The second-order valence-electron chi connectivity index (χ2n) is 10.3. The molecule has 33 heavy (non-hydrogen) atoms. The second-order valence-corrected chi connectivity index (χ2v) is 11.7. The van der Waals surface area contributed by atoms with Gasteiger partial charge in [0.2, 0.25) is 5.91 Å². The molecule has 9 unspecified atom stereocenters. The van der Waals surface area contributed by atoms with Crippen LogP contribution in [0.4, 0.5) is 0 Å². The first-order valence-electron chi connectivity index (χ1n) is 12.7. The first-order chi connectivity index (χ1) is 16.0. The average Bonchev–Trinajstić information content (AvgIpc) is 3.55. The maximum atomic E-state index is 13.4. The Hall–Kier alpha value is -0.910. The van der Waals surface area contributed by atoms with Gasteiger partial charge in [-0.05, 0) is 38.0 Å². The summed E-state index contributed by atoms with van der Waals surface area (Å²) in [6, 6.07) is 0.626. The fraction of sp³-hybridized carbons (Fsp3) is 0.913. The number of nitrogens with zero attached hydrogens (tertiary/aromatic N) is 1. The van der Waals surface area contributed by atoms with Crippen LogP contribution in [0.5, 0.6) is 0 Å². The van der Waals surface area contributed by atoms with E-state index in [2.05, 4.69) is 28.2 Å². The van der Waals surface area contributed by atoms with Gasteiger partial charge in [0.1, 0.15) is 5.50 Å². The zero-order valence-corrected chi connectivity index (χ0v) is 20.6. The van der Waals surface area contributed by atoms with Crippen LogP contribution in [0.1, 0.15) is 39.0 Å². The van der Waals surface area contributed by atoms with Gasteiger partial charge in [-0.3, -0.25) is 20.2 Å². The van der Waals surface area contributed by atoms with Gasteiger partial charge >= 0.3 is 0 Å². The van der Waals surface area contributed by atoms with E-state index in [4.69, 9.17) is 9.47 Å². The van der Waals surface area contributed by atoms with Crippen molar-refractivity contribution in [2.45, 2.75) is 74.2 Å². The Morgan fingerprint density at radius 1 is 1.15 bits per heavy atom. The number of piperidine rings is 1. The van der Waals surface area contributed by atoms with Gasteiger partial charge in [-0.2, -0.15) is 0 Å². The highest BCUT2D eigenvalue weighted by atomic mass is 32.2. The lowest BCUT2D eigenvalue weighted by atomic mass is 9.68. The minimum Gasteiger partial charge on any atom is -0.381 e. The minimum absolute atomic E-state index is 0.0234. The lowest BCUT2D eigenvalue weighted by molar-refractivity contribution is -0.141. The van der Waals surface area contributed by atoms with Gasteiger partial charge in [0, 0.05) is 50.6 Å². The van der Waals surface area contributed by atoms with Crippen LogP contribution >= 0.6 is 11.8 Å². The Morgan fingerprint density at radius 2 is 2.00 bits per heavy atom. The number of likely N-dealkylation sites (tertiary alicyclic amines) is 1. The van der Waals surface area contributed by atoms with Crippen LogP contribution in [0.3, 0.4) is 0 Å². The summed E-state index contributed by atoms with van der Waals surface area (Å²) in [5, 5.41) is 13.8. The minimum atomic E-state index is -0.502. The largest absolute Gasteiger partial charge is 0.381 e. The topological polar surface area (TPSA) is 104 Å². The summed E-state index contributed by atoms with van der Waals surface area (Å²) in [6.07, 6.45) is 5.50. The van der Waals surface area contributed by atoms with Crippen LogP contribution in [-0.2, 0) is 19.1 Å². The Kier molecular flexibility index (Phi) is 7.49. The van der Waals surface area contributed by atoms with E-state index >= 15 is 0 Å². The first kappa shape index (κ1) is 23.8. The van der Waals surface area contributed by atoms with Crippen molar-refractivity contribution in [2.75, 3.05) is 39.9 Å². The Labute approximate surface area is 200 Å². The zero-order chi connectivity index (χ0) is 22.9. The van der Waals surface area contributed by atoms with E-state index in [0.717, 1.165) is 32.4 Å². The molecule has 9 atom stereocenters. The zero-order valence-electron chi connectivity index (χ0n) is 19.8. The Morgan fingerprint density at radius 3 is 2.76 bits per heavy atom. The molecule has 1 aliphatic carbocycles. The van der Waals surface area contributed by atoms with Gasteiger partial charge in [-0.1, -0.05) is 12.8 Å². The van der Waals surface area contributed by atoms with E-state index in [1.165, 1.54) is 12.8 Å². The molecule has 0 bridgehead atoms. The van der Waals surface area contributed by atoms with Crippen LogP contribution in [0, 0.1) is 17.8 Å². The molecule has 10 heteroatoms. The second kappa shape index (κ2) is 10.4. The van der Waals surface area contributed by atoms with Crippen molar-refractivity contribution in [3.8, 4) is 0 Å². The molecular formula is C23H39N5O4S. The fourth-order valence-corrected chi connectivity index (χ4v) is 7.93. The lowest BCUT2D eigenvalue weighted by Gasteiger charge is -2.44. The molecule has 2 amide bonds. The van der Waals surface area contributed by atoms with Gasteiger partial charge in [0.25, 0.3) is 5.91 Å². The molecule has 0 spiro atoms. The molecule has 5 rings (SSSR count). The van der Waals surface area contributed by atoms with E-state index in [-0.39, 0.29) is 40.6 Å². The molecule has 5 aliphatic rings. The molecule has 0 aromatic heterocycles. The lowest BCUT2D eigenvalue weighted by Crippen LogP contribution is -2.55. The molecule has 9 nitrogen and oxygen atoms in total. The van der Waals surface area contributed by atoms with Gasteiger partial charge in [-0.15, -0.1) is 11.8 Å². The van der Waals surface area contributed by atoms with Crippen LogP contribution < -0.4 is 21.3 Å².